The highest BCUT2D eigenvalue weighted by Gasteiger charge is 2.58. The van der Waals surface area contributed by atoms with Gasteiger partial charge in [-0.1, -0.05) is 6.92 Å². The van der Waals surface area contributed by atoms with Crippen molar-refractivity contribution in [1.82, 2.24) is 13.5 Å². The molecular weight excluding hydrogens is 318 g/mol. The third-order valence-corrected chi connectivity index (χ3v) is 7.56. The van der Waals surface area contributed by atoms with Crippen LogP contribution in [0, 0.1) is 11.8 Å². The van der Waals surface area contributed by atoms with Crippen molar-refractivity contribution in [1.29, 1.82) is 0 Å². The van der Waals surface area contributed by atoms with Crippen LogP contribution in [0.5, 0.6) is 0 Å². The van der Waals surface area contributed by atoms with Gasteiger partial charge in [-0.25, -0.2) is 0 Å². The van der Waals surface area contributed by atoms with E-state index in [0.29, 0.717) is 13.0 Å². The highest BCUT2D eigenvalue weighted by atomic mass is 32.2. The van der Waals surface area contributed by atoms with Crippen LogP contribution >= 0.6 is 0 Å². The summed E-state index contributed by atoms with van der Waals surface area (Å²) in [6, 6.07) is -0.895. The summed E-state index contributed by atoms with van der Waals surface area (Å²) in [5.74, 6) is -0.829. The summed E-state index contributed by atoms with van der Waals surface area (Å²) in [5.41, 5.74) is 0. The first-order valence-electron chi connectivity index (χ1n) is 8.29. The van der Waals surface area contributed by atoms with Crippen molar-refractivity contribution in [3.05, 3.63) is 0 Å². The molecule has 3 fully saturated rings. The third-order valence-electron chi connectivity index (χ3n) is 5.39. The van der Waals surface area contributed by atoms with Crippen molar-refractivity contribution in [3.8, 4) is 0 Å². The predicted octanol–water partition coefficient (Wildman–Crippen LogP) is 0.429. The Kier molecular flexibility index (Phi) is 4.05. The van der Waals surface area contributed by atoms with E-state index in [-0.39, 0.29) is 29.8 Å². The van der Waals surface area contributed by atoms with Crippen molar-refractivity contribution >= 4 is 22.0 Å². The number of likely N-dealkylation sites (tertiary alicyclic amines) is 1. The maximum Gasteiger partial charge on any atom is 0.282 e. The summed E-state index contributed by atoms with van der Waals surface area (Å²) in [7, 11) is -2.07. The van der Waals surface area contributed by atoms with Crippen molar-refractivity contribution in [2.45, 2.75) is 58.2 Å². The van der Waals surface area contributed by atoms with Crippen LogP contribution in [0.3, 0.4) is 0 Å². The van der Waals surface area contributed by atoms with Crippen LogP contribution in [0.25, 0.3) is 0 Å². The van der Waals surface area contributed by atoms with E-state index in [1.807, 2.05) is 13.8 Å². The average molecular weight is 343 g/mol. The zero-order valence-electron chi connectivity index (χ0n) is 14.1. The molecule has 2 heterocycles. The Labute approximate surface area is 137 Å². The van der Waals surface area contributed by atoms with Crippen LogP contribution in [0.15, 0.2) is 0 Å². The summed E-state index contributed by atoms with van der Waals surface area (Å²) >= 11 is 0. The predicted molar refractivity (Wildman–Crippen MR) is 84.5 cm³/mol. The SMILES string of the molecule is CC(C)N(C)S(=O)(=O)N1CC[C@H]2[C@H]1[C@H](C)C(=O)N2C(=O)C1CC1. The Morgan fingerprint density at radius 1 is 1.26 bits per heavy atom. The fourth-order valence-corrected chi connectivity index (χ4v) is 5.50. The number of hydrogen-bond donors (Lipinski definition) is 0. The van der Waals surface area contributed by atoms with Crippen LogP contribution in [-0.2, 0) is 19.8 Å². The molecule has 7 nitrogen and oxygen atoms in total. The number of nitrogens with zero attached hydrogens (tertiary/aromatic N) is 3. The molecule has 3 rings (SSSR count). The molecular formula is C15H25N3O4S. The second kappa shape index (κ2) is 5.53. The molecule has 0 aromatic heterocycles. The van der Waals surface area contributed by atoms with Gasteiger partial charge in [0.25, 0.3) is 10.2 Å². The van der Waals surface area contributed by atoms with Gasteiger partial charge in [0.2, 0.25) is 11.8 Å². The number of carbonyl (C=O) groups excluding carboxylic acids is 2. The van der Waals surface area contributed by atoms with Crippen LogP contribution < -0.4 is 0 Å². The average Bonchev–Trinajstić information content (AvgIpc) is 3.20. The van der Waals surface area contributed by atoms with Crippen molar-refractivity contribution in [2.75, 3.05) is 13.6 Å². The van der Waals surface area contributed by atoms with E-state index in [4.69, 9.17) is 0 Å². The Hall–Kier alpha value is -0.990. The number of carbonyl (C=O) groups is 2. The summed E-state index contributed by atoms with van der Waals surface area (Å²) in [5, 5.41) is 0. The maximum absolute atomic E-state index is 12.8. The molecule has 2 saturated heterocycles. The lowest BCUT2D eigenvalue weighted by atomic mass is 10.0. The highest BCUT2D eigenvalue weighted by Crippen LogP contribution is 2.42. The minimum absolute atomic E-state index is 0.0334. The minimum Gasteiger partial charge on any atom is -0.277 e. The Balaban J connectivity index is 1.89. The Bertz CT molecular complexity index is 629. The Morgan fingerprint density at radius 2 is 1.87 bits per heavy atom. The van der Waals surface area contributed by atoms with Gasteiger partial charge in [-0.3, -0.25) is 14.5 Å². The van der Waals surface area contributed by atoms with Crippen LogP contribution in [-0.4, -0.2) is 65.5 Å². The van der Waals surface area contributed by atoms with Gasteiger partial charge in [-0.05, 0) is 33.1 Å². The van der Waals surface area contributed by atoms with E-state index in [1.54, 1.807) is 14.0 Å². The molecule has 0 bridgehead atoms. The molecule has 130 valence electrons. The van der Waals surface area contributed by atoms with Gasteiger partial charge in [0.15, 0.2) is 0 Å². The third kappa shape index (κ3) is 2.51. The van der Waals surface area contributed by atoms with Crippen molar-refractivity contribution < 1.29 is 18.0 Å². The molecule has 3 atom stereocenters. The number of hydrogen-bond acceptors (Lipinski definition) is 4. The first-order chi connectivity index (χ1) is 10.7. The number of amides is 2. The van der Waals surface area contributed by atoms with E-state index in [2.05, 4.69) is 0 Å². The van der Waals surface area contributed by atoms with E-state index in [9.17, 15) is 18.0 Å². The van der Waals surface area contributed by atoms with E-state index in [0.717, 1.165) is 12.8 Å². The second-order valence-corrected chi connectivity index (χ2v) is 9.13. The lowest BCUT2D eigenvalue weighted by Gasteiger charge is -2.31. The fraction of sp³-hybridized carbons (Fsp3) is 0.867. The van der Waals surface area contributed by atoms with E-state index in [1.165, 1.54) is 13.5 Å². The molecule has 2 aliphatic heterocycles. The molecule has 0 unspecified atom stereocenters. The van der Waals surface area contributed by atoms with Crippen LogP contribution in [0.4, 0.5) is 0 Å². The van der Waals surface area contributed by atoms with Crippen molar-refractivity contribution in [3.63, 3.8) is 0 Å². The fourth-order valence-electron chi connectivity index (χ4n) is 3.66. The van der Waals surface area contributed by atoms with Gasteiger partial charge < -0.3 is 0 Å². The standard InChI is InChI=1S/C15H25N3O4S/c1-9(2)16(4)23(21,22)17-8-7-12-13(17)10(3)14(19)18(12)15(20)11-5-6-11/h9-13H,5-8H2,1-4H3/t10-,12-,13+/m0/s1. The second-order valence-electron chi connectivity index (χ2n) is 7.18. The molecule has 0 spiro atoms. The number of imide groups is 1. The molecule has 1 saturated carbocycles. The topological polar surface area (TPSA) is 78.0 Å². The maximum atomic E-state index is 12.8. The lowest BCUT2D eigenvalue weighted by molar-refractivity contribution is -0.145. The van der Waals surface area contributed by atoms with Gasteiger partial charge in [-0.15, -0.1) is 0 Å². The van der Waals surface area contributed by atoms with Crippen LogP contribution in [0.1, 0.15) is 40.0 Å². The largest absolute Gasteiger partial charge is 0.282 e. The molecule has 2 amide bonds. The van der Waals surface area contributed by atoms with Gasteiger partial charge in [-0.2, -0.15) is 17.0 Å². The van der Waals surface area contributed by atoms with Crippen molar-refractivity contribution in [2.24, 2.45) is 11.8 Å². The molecule has 3 aliphatic rings. The Morgan fingerprint density at radius 3 is 2.39 bits per heavy atom. The molecule has 0 radical (unpaired) electrons. The molecule has 0 aromatic rings. The normalized spacial score (nSPS) is 32.2. The van der Waals surface area contributed by atoms with Gasteiger partial charge in [0, 0.05) is 25.6 Å². The zero-order valence-corrected chi connectivity index (χ0v) is 14.9. The van der Waals surface area contributed by atoms with E-state index < -0.39 is 22.2 Å². The first-order valence-corrected chi connectivity index (χ1v) is 9.69. The van der Waals surface area contributed by atoms with Gasteiger partial charge in [0.1, 0.15) is 0 Å². The molecule has 8 heteroatoms. The van der Waals surface area contributed by atoms with Crippen LogP contribution in [0.2, 0.25) is 0 Å². The zero-order chi connectivity index (χ0) is 17.1. The summed E-state index contributed by atoms with van der Waals surface area (Å²) in [4.78, 5) is 26.3. The smallest absolute Gasteiger partial charge is 0.277 e. The number of fused-ring (bicyclic) bond motifs is 1. The summed E-state index contributed by atoms with van der Waals surface area (Å²) in [6.07, 6.45) is 2.21. The first kappa shape index (κ1) is 16.9. The highest BCUT2D eigenvalue weighted by molar-refractivity contribution is 7.86. The number of rotatable bonds is 4. The summed E-state index contributed by atoms with van der Waals surface area (Å²) < 4.78 is 28.4. The quantitative estimate of drug-likeness (QED) is 0.694. The van der Waals surface area contributed by atoms with Gasteiger partial charge >= 0.3 is 0 Å². The molecule has 0 N–H and O–H groups in total. The minimum atomic E-state index is -3.63. The molecule has 0 aromatic carbocycles. The lowest BCUT2D eigenvalue weighted by Crippen LogP contribution is -2.49. The summed E-state index contributed by atoms with van der Waals surface area (Å²) in [6.45, 7) is 5.73. The van der Waals surface area contributed by atoms with Gasteiger partial charge in [0.05, 0.1) is 18.0 Å². The van der Waals surface area contributed by atoms with E-state index >= 15 is 0 Å². The molecule has 23 heavy (non-hydrogen) atoms. The molecule has 1 aliphatic carbocycles. The monoisotopic (exact) mass is 343 g/mol.